The third-order valence-electron chi connectivity index (χ3n) is 4.65. The molecule has 0 spiro atoms. The van der Waals surface area contributed by atoms with Crippen LogP contribution in [0.4, 0.5) is 17.1 Å². The average Bonchev–Trinajstić information content (AvgIpc) is 2.84. The number of para-hydroxylation sites is 1. The standard InChI is InChI=1S/C22H17N5O8/c1-35-16-8-6-13(7-9-16)21(29)24-18-5-3-2-4-17(18)22(30)25-23-12-14-10-15(26(31)32)11-19(20(14)28)27(33)34/h2-12,28H,1H3,(H,24,29)(H,25,30)/b23-12-. The molecule has 178 valence electrons. The van der Waals surface area contributed by atoms with E-state index in [9.17, 15) is 34.9 Å². The molecule has 0 heterocycles. The van der Waals surface area contributed by atoms with Gasteiger partial charge in [-0.15, -0.1) is 0 Å². The van der Waals surface area contributed by atoms with E-state index in [1.165, 1.54) is 19.2 Å². The van der Waals surface area contributed by atoms with Crippen LogP contribution >= 0.6 is 0 Å². The van der Waals surface area contributed by atoms with Crippen molar-refractivity contribution in [3.63, 3.8) is 0 Å². The summed E-state index contributed by atoms with van der Waals surface area (Å²) in [5, 5.41) is 38.3. The zero-order chi connectivity index (χ0) is 25.5. The number of phenolic OH excluding ortho intramolecular Hbond substituents is 1. The first-order valence-corrected chi connectivity index (χ1v) is 9.75. The number of phenols is 1. The summed E-state index contributed by atoms with van der Waals surface area (Å²) in [7, 11) is 1.49. The monoisotopic (exact) mass is 479 g/mol. The van der Waals surface area contributed by atoms with Gasteiger partial charge in [0.15, 0.2) is 0 Å². The zero-order valence-corrected chi connectivity index (χ0v) is 18.0. The van der Waals surface area contributed by atoms with Gasteiger partial charge in [0.05, 0.1) is 46.1 Å². The molecule has 0 unspecified atom stereocenters. The highest BCUT2D eigenvalue weighted by Gasteiger charge is 2.23. The maximum Gasteiger partial charge on any atom is 0.318 e. The Hall–Kier alpha value is -5.33. The molecule has 0 radical (unpaired) electrons. The van der Waals surface area contributed by atoms with Gasteiger partial charge in [0, 0.05) is 11.6 Å². The normalized spacial score (nSPS) is 10.5. The number of nitro groups is 2. The highest BCUT2D eigenvalue weighted by atomic mass is 16.6. The molecule has 0 aliphatic rings. The molecule has 0 fully saturated rings. The van der Waals surface area contributed by atoms with Crippen molar-refractivity contribution in [1.82, 2.24) is 5.43 Å². The van der Waals surface area contributed by atoms with Gasteiger partial charge < -0.3 is 15.2 Å². The second-order valence-corrected chi connectivity index (χ2v) is 6.84. The van der Waals surface area contributed by atoms with Crippen LogP contribution in [0.2, 0.25) is 0 Å². The van der Waals surface area contributed by atoms with Gasteiger partial charge in [0.25, 0.3) is 17.5 Å². The summed E-state index contributed by atoms with van der Waals surface area (Å²) in [6.45, 7) is 0. The van der Waals surface area contributed by atoms with E-state index >= 15 is 0 Å². The summed E-state index contributed by atoms with van der Waals surface area (Å²) in [4.78, 5) is 45.4. The van der Waals surface area contributed by atoms with E-state index in [4.69, 9.17) is 4.74 Å². The van der Waals surface area contributed by atoms with Crippen molar-refractivity contribution >= 4 is 35.1 Å². The first kappa shape index (κ1) is 24.3. The van der Waals surface area contributed by atoms with Crippen LogP contribution in [0.5, 0.6) is 11.5 Å². The Balaban J connectivity index is 1.79. The SMILES string of the molecule is COc1ccc(C(=O)Nc2ccccc2C(=O)N/N=C\c2cc([N+](=O)[O-])cc([N+](=O)[O-])c2O)cc1. The van der Waals surface area contributed by atoms with Crippen molar-refractivity contribution in [1.29, 1.82) is 0 Å². The van der Waals surface area contributed by atoms with Crippen LogP contribution in [-0.4, -0.2) is 40.1 Å². The number of aromatic hydroxyl groups is 1. The number of nitro benzene ring substituents is 2. The molecular formula is C22H17N5O8. The lowest BCUT2D eigenvalue weighted by atomic mass is 10.1. The van der Waals surface area contributed by atoms with Crippen LogP contribution in [0.25, 0.3) is 0 Å². The molecule has 3 N–H and O–H groups in total. The van der Waals surface area contributed by atoms with Gasteiger partial charge in [-0.25, -0.2) is 5.43 Å². The lowest BCUT2D eigenvalue weighted by Gasteiger charge is -2.10. The lowest BCUT2D eigenvalue weighted by molar-refractivity contribution is -0.394. The predicted molar refractivity (Wildman–Crippen MR) is 124 cm³/mol. The molecule has 0 saturated heterocycles. The number of amides is 2. The fourth-order valence-corrected chi connectivity index (χ4v) is 2.92. The molecule has 2 amide bonds. The van der Waals surface area contributed by atoms with Gasteiger partial charge in [0.1, 0.15) is 5.75 Å². The van der Waals surface area contributed by atoms with E-state index < -0.39 is 38.8 Å². The number of methoxy groups -OCH3 is 1. The van der Waals surface area contributed by atoms with Crippen LogP contribution in [0.15, 0.2) is 65.8 Å². The maximum atomic E-state index is 12.6. The number of ether oxygens (including phenoxy) is 1. The van der Waals surface area contributed by atoms with Crippen LogP contribution in [-0.2, 0) is 0 Å². The molecule has 13 heteroatoms. The second-order valence-electron chi connectivity index (χ2n) is 6.84. The second kappa shape index (κ2) is 10.5. The number of carbonyl (C=O) groups is 2. The third kappa shape index (κ3) is 5.73. The maximum absolute atomic E-state index is 12.6. The molecule has 0 saturated carbocycles. The van der Waals surface area contributed by atoms with Gasteiger partial charge >= 0.3 is 5.69 Å². The van der Waals surface area contributed by atoms with E-state index in [0.717, 1.165) is 12.3 Å². The van der Waals surface area contributed by atoms with Gasteiger partial charge in [0.2, 0.25) is 5.75 Å². The smallest absolute Gasteiger partial charge is 0.318 e. The van der Waals surface area contributed by atoms with Crippen LogP contribution in [0.1, 0.15) is 26.3 Å². The number of hydrazone groups is 1. The Morgan fingerprint density at radius 2 is 1.69 bits per heavy atom. The number of nitrogens with zero attached hydrogens (tertiary/aromatic N) is 3. The van der Waals surface area contributed by atoms with Crippen molar-refractivity contribution < 1.29 is 29.3 Å². The zero-order valence-electron chi connectivity index (χ0n) is 18.0. The highest BCUT2D eigenvalue weighted by Crippen LogP contribution is 2.33. The van der Waals surface area contributed by atoms with Crippen molar-refractivity contribution in [2.24, 2.45) is 5.10 Å². The molecule has 0 aliphatic heterocycles. The van der Waals surface area contributed by atoms with Crippen molar-refractivity contribution in [2.75, 3.05) is 12.4 Å². The molecule has 3 rings (SSSR count). The highest BCUT2D eigenvalue weighted by molar-refractivity contribution is 6.09. The Morgan fingerprint density at radius 3 is 2.31 bits per heavy atom. The molecule has 0 aliphatic carbocycles. The van der Waals surface area contributed by atoms with Crippen molar-refractivity contribution in [3.05, 3.63) is 97.6 Å². The Kier molecular flexibility index (Phi) is 7.31. The molecular weight excluding hydrogens is 462 g/mol. The van der Waals surface area contributed by atoms with Gasteiger partial charge in [-0.1, -0.05) is 12.1 Å². The summed E-state index contributed by atoms with van der Waals surface area (Å²) in [6, 6.07) is 13.8. The Labute approximate surface area is 197 Å². The fourth-order valence-electron chi connectivity index (χ4n) is 2.92. The molecule has 0 atom stereocenters. The van der Waals surface area contributed by atoms with Crippen LogP contribution in [0, 0.1) is 20.2 Å². The van der Waals surface area contributed by atoms with E-state index in [2.05, 4.69) is 15.8 Å². The lowest BCUT2D eigenvalue weighted by Crippen LogP contribution is -2.21. The number of non-ortho nitro benzene ring substituents is 1. The Bertz CT molecular complexity index is 1340. The first-order valence-electron chi connectivity index (χ1n) is 9.75. The van der Waals surface area contributed by atoms with Gasteiger partial charge in [-0.2, -0.15) is 5.10 Å². The van der Waals surface area contributed by atoms with Crippen molar-refractivity contribution in [2.45, 2.75) is 0 Å². The van der Waals surface area contributed by atoms with E-state index in [0.29, 0.717) is 17.4 Å². The average molecular weight is 479 g/mol. The molecule has 13 nitrogen and oxygen atoms in total. The van der Waals surface area contributed by atoms with Crippen LogP contribution in [0.3, 0.4) is 0 Å². The minimum atomic E-state index is -0.986. The molecule has 0 bridgehead atoms. The minimum Gasteiger partial charge on any atom is -0.502 e. The summed E-state index contributed by atoms with van der Waals surface area (Å²) >= 11 is 0. The van der Waals surface area contributed by atoms with Gasteiger partial charge in [-0.3, -0.25) is 29.8 Å². The number of rotatable bonds is 8. The third-order valence-corrected chi connectivity index (χ3v) is 4.65. The molecule has 35 heavy (non-hydrogen) atoms. The topological polar surface area (TPSA) is 186 Å². The summed E-state index contributed by atoms with van der Waals surface area (Å²) < 4.78 is 5.05. The largest absolute Gasteiger partial charge is 0.502 e. The number of hydrogen-bond acceptors (Lipinski definition) is 9. The molecule has 3 aromatic rings. The summed E-state index contributed by atoms with van der Waals surface area (Å²) in [5.41, 5.74) is 0.802. The molecule has 3 aromatic carbocycles. The van der Waals surface area contributed by atoms with E-state index in [-0.39, 0.29) is 16.8 Å². The minimum absolute atomic E-state index is 0.0424. The van der Waals surface area contributed by atoms with Gasteiger partial charge in [-0.05, 0) is 36.4 Å². The quantitative estimate of drug-likeness (QED) is 0.249. The van der Waals surface area contributed by atoms with Crippen LogP contribution < -0.4 is 15.5 Å². The predicted octanol–water partition coefficient (Wildman–Crippen LogP) is 3.23. The van der Waals surface area contributed by atoms with Crippen molar-refractivity contribution in [3.8, 4) is 11.5 Å². The summed E-state index contributed by atoms with van der Waals surface area (Å²) in [5.74, 6) is -1.53. The number of hydrogen-bond donors (Lipinski definition) is 3. The fraction of sp³-hybridized carbons (Fsp3) is 0.0455. The number of nitrogens with one attached hydrogen (secondary N) is 2. The summed E-state index contributed by atoms with van der Waals surface area (Å²) in [6.07, 6.45) is 0.825. The number of benzene rings is 3. The van der Waals surface area contributed by atoms with E-state index in [1.807, 2.05) is 0 Å². The number of anilines is 1. The number of carbonyl (C=O) groups excluding carboxylic acids is 2. The Morgan fingerprint density at radius 1 is 1.00 bits per heavy atom. The van der Waals surface area contributed by atoms with E-state index in [1.54, 1.807) is 36.4 Å². The molecule has 0 aromatic heterocycles. The first-order chi connectivity index (χ1) is 16.7.